The summed E-state index contributed by atoms with van der Waals surface area (Å²) in [7, 11) is 0. The maximum absolute atomic E-state index is 14.0. The Morgan fingerprint density at radius 1 is 0.931 bits per heavy atom. The Bertz CT molecular complexity index is 974. The van der Waals surface area contributed by atoms with E-state index in [1.165, 1.54) is 6.07 Å². The van der Waals surface area contributed by atoms with Crippen molar-refractivity contribution in [3.8, 4) is 0 Å². The molecule has 0 bridgehead atoms. The normalized spacial score (nSPS) is 14.0. The number of anilines is 2. The van der Waals surface area contributed by atoms with Gasteiger partial charge < -0.3 is 15.1 Å². The highest BCUT2D eigenvalue weighted by molar-refractivity contribution is 5.94. The Kier molecular flexibility index (Phi) is 5.65. The first kappa shape index (κ1) is 18.9. The van der Waals surface area contributed by atoms with Crippen LogP contribution in [-0.2, 0) is 6.54 Å². The predicted octanol–water partition coefficient (Wildman–Crippen LogP) is 2.87. The van der Waals surface area contributed by atoms with Gasteiger partial charge in [0.2, 0.25) is 0 Å². The molecule has 29 heavy (non-hydrogen) atoms. The van der Waals surface area contributed by atoms with Gasteiger partial charge in [-0.25, -0.2) is 9.37 Å². The van der Waals surface area contributed by atoms with Crippen molar-refractivity contribution in [1.29, 1.82) is 0 Å². The number of rotatable bonds is 5. The zero-order chi connectivity index (χ0) is 20.1. The van der Waals surface area contributed by atoms with Gasteiger partial charge in [0.1, 0.15) is 11.6 Å². The van der Waals surface area contributed by atoms with Gasteiger partial charge in [0.05, 0.1) is 17.9 Å². The Hall–Kier alpha value is -3.48. The molecule has 0 spiro atoms. The number of nitrogens with zero attached hydrogens (tertiary/aromatic N) is 4. The molecule has 1 saturated heterocycles. The number of pyridine rings is 2. The lowest BCUT2D eigenvalue weighted by atomic mass is 10.2. The molecule has 3 heterocycles. The second-order valence-electron chi connectivity index (χ2n) is 6.83. The monoisotopic (exact) mass is 391 g/mol. The van der Waals surface area contributed by atoms with E-state index in [-0.39, 0.29) is 11.7 Å². The van der Waals surface area contributed by atoms with Crippen molar-refractivity contribution in [1.82, 2.24) is 15.3 Å². The van der Waals surface area contributed by atoms with E-state index >= 15 is 0 Å². The van der Waals surface area contributed by atoms with Gasteiger partial charge in [-0.05, 0) is 36.4 Å². The third-order valence-corrected chi connectivity index (χ3v) is 4.96. The molecule has 0 saturated carbocycles. The molecule has 7 heteroatoms. The second-order valence-corrected chi connectivity index (χ2v) is 6.83. The van der Waals surface area contributed by atoms with Gasteiger partial charge in [0.15, 0.2) is 0 Å². The molecule has 1 aliphatic heterocycles. The average Bonchev–Trinajstić information content (AvgIpc) is 2.79. The molecule has 2 aromatic heterocycles. The van der Waals surface area contributed by atoms with Crippen molar-refractivity contribution in [3.63, 3.8) is 0 Å². The van der Waals surface area contributed by atoms with E-state index < -0.39 is 0 Å². The zero-order valence-electron chi connectivity index (χ0n) is 16.0. The zero-order valence-corrected chi connectivity index (χ0v) is 16.0. The number of piperazine rings is 1. The minimum Gasteiger partial charge on any atom is -0.366 e. The lowest BCUT2D eigenvalue weighted by molar-refractivity contribution is 0.0950. The summed E-state index contributed by atoms with van der Waals surface area (Å²) in [6.45, 7) is 3.18. The SMILES string of the molecule is O=C(NCc1ccccn1)c1ccnc(N2CCN(c3ccccc3F)CC2)c1. The van der Waals surface area contributed by atoms with Crippen LogP contribution in [0.4, 0.5) is 15.9 Å². The molecule has 1 amide bonds. The van der Waals surface area contributed by atoms with Gasteiger partial charge in [-0.1, -0.05) is 18.2 Å². The van der Waals surface area contributed by atoms with E-state index in [1.807, 2.05) is 29.2 Å². The number of carbonyl (C=O) groups is 1. The minimum absolute atomic E-state index is 0.163. The van der Waals surface area contributed by atoms with Gasteiger partial charge >= 0.3 is 0 Å². The van der Waals surface area contributed by atoms with Gasteiger partial charge in [0.25, 0.3) is 5.91 Å². The number of nitrogens with one attached hydrogen (secondary N) is 1. The van der Waals surface area contributed by atoms with Crippen LogP contribution in [0.2, 0.25) is 0 Å². The van der Waals surface area contributed by atoms with Crippen LogP contribution >= 0.6 is 0 Å². The quantitative estimate of drug-likeness (QED) is 0.725. The average molecular weight is 391 g/mol. The van der Waals surface area contributed by atoms with Crippen molar-refractivity contribution < 1.29 is 9.18 Å². The maximum atomic E-state index is 14.0. The van der Waals surface area contributed by atoms with E-state index in [0.717, 1.165) is 11.5 Å². The van der Waals surface area contributed by atoms with Crippen LogP contribution in [0.5, 0.6) is 0 Å². The molecule has 0 unspecified atom stereocenters. The van der Waals surface area contributed by atoms with Crippen molar-refractivity contribution in [2.24, 2.45) is 0 Å². The molecule has 0 radical (unpaired) electrons. The molecular formula is C22H22FN5O. The van der Waals surface area contributed by atoms with Crippen LogP contribution in [0.25, 0.3) is 0 Å². The maximum Gasteiger partial charge on any atom is 0.251 e. The number of halogens is 1. The Morgan fingerprint density at radius 3 is 2.45 bits per heavy atom. The van der Waals surface area contributed by atoms with Crippen LogP contribution in [0.1, 0.15) is 16.1 Å². The molecule has 1 fully saturated rings. The van der Waals surface area contributed by atoms with Gasteiger partial charge in [-0.2, -0.15) is 0 Å². The number of benzene rings is 1. The Labute approximate surface area is 169 Å². The number of hydrogen-bond donors (Lipinski definition) is 1. The van der Waals surface area contributed by atoms with E-state index in [2.05, 4.69) is 20.2 Å². The number of para-hydroxylation sites is 1. The molecule has 0 aliphatic carbocycles. The Balaban J connectivity index is 1.38. The van der Waals surface area contributed by atoms with Crippen molar-refractivity contribution in [3.05, 3.63) is 84.1 Å². The molecule has 1 aliphatic rings. The van der Waals surface area contributed by atoms with Crippen LogP contribution in [-0.4, -0.2) is 42.1 Å². The highest BCUT2D eigenvalue weighted by atomic mass is 19.1. The number of amides is 1. The predicted molar refractivity (Wildman–Crippen MR) is 110 cm³/mol. The first-order valence-electron chi connectivity index (χ1n) is 9.59. The second kappa shape index (κ2) is 8.68. The molecular weight excluding hydrogens is 369 g/mol. The molecule has 1 aromatic carbocycles. The highest BCUT2D eigenvalue weighted by Crippen LogP contribution is 2.22. The largest absolute Gasteiger partial charge is 0.366 e. The number of hydrogen-bond acceptors (Lipinski definition) is 5. The van der Waals surface area contributed by atoms with Crippen molar-refractivity contribution >= 4 is 17.4 Å². The lowest BCUT2D eigenvalue weighted by Gasteiger charge is -2.36. The molecule has 6 nitrogen and oxygen atoms in total. The summed E-state index contributed by atoms with van der Waals surface area (Å²) in [5.41, 5.74) is 1.99. The molecule has 1 N–H and O–H groups in total. The van der Waals surface area contributed by atoms with E-state index in [1.54, 1.807) is 36.7 Å². The van der Waals surface area contributed by atoms with Crippen LogP contribution < -0.4 is 15.1 Å². The van der Waals surface area contributed by atoms with Gasteiger partial charge in [-0.15, -0.1) is 0 Å². The number of carbonyl (C=O) groups excluding carboxylic acids is 1. The molecule has 3 aromatic rings. The molecule has 0 atom stereocenters. The Morgan fingerprint density at radius 2 is 1.69 bits per heavy atom. The van der Waals surface area contributed by atoms with Crippen LogP contribution in [0.15, 0.2) is 67.0 Å². The van der Waals surface area contributed by atoms with Crippen molar-refractivity contribution in [2.75, 3.05) is 36.0 Å². The summed E-state index contributed by atoms with van der Waals surface area (Å²) in [6, 6.07) is 15.9. The summed E-state index contributed by atoms with van der Waals surface area (Å²) in [5.74, 6) is 0.388. The standard InChI is InChI=1S/C22H22FN5O/c23-19-6-1-2-7-20(19)27-11-13-28(14-12-27)21-15-17(8-10-25-21)22(29)26-16-18-5-3-4-9-24-18/h1-10,15H,11-14,16H2,(H,26,29). The summed E-state index contributed by atoms with van der Waals surface area (Å²) in [5, 5.41) is 2.88. The molecule has 148 valence electrons. The highest BCUT2D eigenvalue weighted by Gasteiger charge is 2.21. The topological polar surface area (TPSA) is 61.4 Å². The van der Waals surface area contributed by atoms with Crippen LogP contribution in [0, 0.1) is 5.82 Å². The first-order valence-corrected chi connectivity index (χ1v) is 9.59. The fourth-order valence-corrected chi connectivity index (χ4v) is 3.39. The third-order valence-electron chi connectivity index (χ3n) is 4.96. The molecule has 4 rings (SSSR count). The van der Waals surface area contributed by atoms with E-state index in [0.29, 0.717) is 44.0 Å². The van der Waals surface area contributed by atoms with Gasteiger partial charge in [0, 0.05) is 44.1 Å². The summed E-state index contributed by atoms with van der Waals surface area (Å²) in [4.78, 5) is 25.3. The fourth-order valence-electron chi connectivity index (χ4n) is 3.39. The van der Waals surface area contributed by atoms with Gasteiger partial charge in [-0.3, -0.25) is 9.78 Å². The van der Waals surface area contributed by atoms with E-state index in [9.17, 15) is 9.18 Å². The first-order chi connectivity index (χ1) is 14.2. The lowest BCUT2D eigenvalue weighted by Crippen LogP contribution is -2.47. The smallest absolute Gasteiger partial charge is 0.251 e. The summed E-state index contributed by atoms with van der Waals surface area (Å²) >= 11 is 0. The minimum atomic E-state index is -0.203. The third kappa shape index (κ3) is 4.51. The fraction of sp³-hybridized carbons (Fsp3) is 0.227. The number of aromatic nitrogens is 2. The summed E-state index contributed by atoms with van der Waals surface area (Å²) < 4.78 is 14.0. The van der Waals surface area contributed by atoms with Crippen LogP contribution in [0.3, 0.4) is 0 Å². The van der Waals surface area contributed by atoms with Crippen molar-refractivity contribution in [2.45, 2.75) is 6.54 Å². The summed E-state index contributed by atoms with van der Waals surface area (Å²) in [6.07, 6.45) is 3.35. The van der Waals surface area contributed by atoms with E-state index in [4.69, 9.17) is 0 Å².